The highest BCUT2D eigenvalue weighted by Gasteiger charge is 2.36. The first-order valence-corrected chi connectivity index (χ1v) is 14.7. The number of unbranched alkanes of at least 4 members (excludes halogenated alkanes) is 3. The van der Waals surface area contributed by atoms with Gasteiger partial charge in [-0.05, 0) is 57.2 Å². The first kappa shape index (κ1) is 31.7. The van der Waals surface area contributed by atoms with Crippen molar-refractivity contribution >= 4 is 36.6 Å². The molecule has 2 rings (SSSR count). The van der Waals surface area contributed by atoms with Gasteiger partial charge in [0.05, 0.1) is 0 Å². The van der Waals surface area contributed by atoms with E-state index in [9.17, 15) is 14.4 Å². The van der Waals surface area contributed by atoms with Gasteiger partial charge in [-0.3, -0.25) is 9.59 Å². The van der Waals surface area contributed by atoms with Crippen LogP contribution in [0, 0.1) is 0 Å². The molecule has 0 aromatic heterocycles. The maximum Gasteiger partial charge on any atom is 0.408 e. The average Bonchev–Trinajstić information content (AvgIpc) is 2.88. The Morgan fingerprint density at radius 1 is 1.16 bits per heavy atom. The second-order valence-electron chi connectivity index (χ2n) is 11.1. The molecular formula is C30H47N3O4S. The lowest BCUT2D eigenvalue weighted by molar-refractivity contribution is -0.142. The van der Waals surface area contributed by atoms with Crippen LogP contribution < -0.4 is 10.6 Å². The van der Waals surface area contributed by atoms with Crippen LogP contribution in [0.1, 0.15) is 103 Å². The highest BCUT2D eigenvalue weighted by atomic mass is 32.1. The molecule has 38 heavy (non-hydrogen) atoms. The summed E-state index contributed by atoms with van der Waals surface area (Å²) in [5.41, 5.74) is 0.880. The van der Waals surface area contributed by atoms with Crippen LogP contribution in [0.25, 0.3) is 6.08 Å². The smallest absolute Gasteiger partial charge is 0.408 e. The molecule has 2 N–H and O–H groups in total. The largest absolute Gasteiger partial charge is 0.444 e. The number of hydrogen-bond acceptors (Lipinski definition) is 5. The molecule has 1 aromatic carbocycles. The number of alkyl carbamates (subject to hydrolysis) is 1. The van der Waals surface area contributed by atoms with Gasteiger partial charge in [0, 0.05) is 18.3 Å². The number of benzene rings is 1. The number of amides is 3. The first-order valence-electron chi connectivity index (χ1n) is 14.0. The van der Waals surface area contributed by atoms with E-state index in [-0.39, 0.29) is 23.6 Å². The maximum absolute atomic E-state index is 14.0. The van der Waals surface area contributed by atoms with Crippen molar-refractivity contribution in [1.29, 1.82) is 0 Å². The topological polar surface area (TPSA) is 87.7 Å². The third-order valence-electron chi connectivity index (χ3n) is 6.68. The van der Waals surface area contributed by atoms with Crippen LogP contribution >= 0.6 is 12.6 Å². The Morgan fingerprint density at radius 2 is 1.87 bits per heavy atom. The van der Waals surface area contributed by atoms with Crippen molar-refractivity contribution in [2.45, 2.75) is 109 Å². The van der Waals surface area contributed by atoms with Crippen LogP contribution in [-0.2, 0) is 14.3 Å². The molecule has 7 nitrogen and oxygen atoms in total. The van der Waals surface area contributed by atoms with E-state index in [0.717, 1.165) is 62.5 Å². The van der Waals surface area contributed by atoms with Crippen molar-refractivity contribution in [3.63, 3.8) is 0 Å². The second-order valence-corrected chi connectivity index (χ2v) is 11.5. The van der Waals surface area contributed by atoms with Crippen molar-refractivity contribution in [3.8, 4) is 0 Å². The summed E-state index contributed by atoms with van der Waals surface area (Å²) in [7, 11) is 0. The quantitative estimate of drug-likeness (QED) is 0.208. The molecule has 2 atom stereocenters. The maximum atomic E-state index is 14.0. The third kappa shape index (κ3) is 10.4. The minimum atomic E-state index is -0.938. The molecule has 1 aliphatic rings. The monoisotopic (exact) mass is 545 g/mol. The fourth-order valence-corrected chi connectivity index (χ4v) is 5.01. The van der Waals surface area contributed by atoms with Gasteiger partial charge < -0.3 is 20.3 Å². The third-order valence-corrected chi connectivity index (χ3v) is 7.05. The summed E-state index contributed by atoms with van der Waals surface area (Å²) in [5.74, 6) is -0.472. The first-order chi connectivity index (χ1) is 18.1. The molecule has 0 spiro atoms. The Hall–Kier alpha value is -2.48. The van der Waals surface area contributed by atoms with E-state index in [0.29, 0.717) is 6.54 Å². The Labute approximate surface area is 234 Å². The predicted molar refractivity (Wildman–Crippen MR) is 157 cm³/mol. The molecular weight excluding hydrogens is 498 g/mol. The molecule has 0 heterocycles. The van der Waals surface area contributed by atoms with Crippen LogP contribution in [0.15, 0.2) is 30.8 Å². The molecule has 212 valence electrons. The summed E-state index contributed by atoms with van der Waals surface area (Å²) >= 11 is 4.37. The summed E-state index contributed by atoms with van der Waals surface area (Å²) in [5, 5.41) is 5.91. The van der Waals surface area contributed by atoms with Crippen molar-refractivity contribution in [2.24, 2.45) is 0 Å². The molecule has 0 saturated heterocycles. The van der Waals surface area contributed by atoms with Gasteiger partial charge in [0.15, 0.2) is 0 Å². The van der Waals surface area contributed by atoms with Crippen molar-refractivity contribution in [1.82, 2.24) is 15.5 Å². The molecule has 1 fully saturated rings. The fourth-order valence-electron chi connectivity index (χ4n) is 4.77. The van der Waals surface area contributed by atoms with Crippen LogP contribution in [0.3, 0.4) is 0 Å². The zero-order valence-corrected chi connectivity index (χ0v) is 24.5. The molecule has 3 amide bonds. The van der Waals surface area contributed by atoms with Gasteiger partial charge in [0.2, 0.25) is 11.8 Å². The van der Waals surface area contributed by atoms with Gasteiger partial charge in [0.25, 0.3) is 0 Å². The lowest BCUT2D eigenvalue weighted by Crippen LogP contribution is -2.54. The van der Waals surface area contributed by atoms with Crippen molar-refractivity contribution in [3.05, 3.63) is 42.0 Å². The minimum absolute atomic E-state index is 0.0766. The number of carbonyl (C=O) groups excluding carboxylic acids is 3. The lowest BCUT2D eigenvalue weighted by Gasteiger charge is -2.35. The predicted octanol–water partition coefficient (Wildman–Crippen LogP) is 6.05. The summed E-state index contributed by atoms with van der Waals surface area (Å²) < 4.78 is 5.39. The number of carbonyl (C=O) groups is 3. The van der Waals surface area contributed by atoms with E-state index >= 15 is 0 Å². The molecule has 0 aliphatic heterocycles. The number of hydrogen-bond donors (Lipinski definition) is 3. The highest BCUT2D eigenvalue weighted by Crippen LogP contribution is 2.27. The molecule has 1 aromatic rings. The summed E-state index contributed by atoms with van der Waals surface area (Å²) in [6.07, 6.45) is 10.1. The summed E-state index contributed by atoms with van der Waals surface area (Å²) in [6.45, 7) is 11.7. The molecule has 8 heteroatoms. The Bertz CT molecular complexity index is 924. The number of rotatable bonds is 13. The van der Waals surface area contributed by atoms with E-state index in [4.69, 9.17) is 4.74 Å². The standard InChI is InChI=1S/C30H47N3O4S/c1-6-8-9-13-19-33(28(35)25(21-38)32-29(36)37-30(3,4)5)26(23-16-14-15-22(7-2)20-23)27(34)31-24-17-11-10-12-18-24/h7,14-16,20,24-26,38H,2,6,8-13,17-19,21H2,1,3-5H3,(H,31,34)(H,32,36). The molecule has 0 bridgehead atoms. The molecule has 0 radical (unpaired) electrons. The van der Waals surface area contributed by atoms with E-state index in [1.165, 1.54) is 6.42 Å². The summed E-state index contributed by atoms with van der Waals surface area (Å²) in [4.78, 5) is 42.1. The van der Waals surface area contributed by atoms with Gasteiger partial charge in [-0.25, -0.2) is 4.79 Å². The van der Waals surface area contributed by atoms with Gasteiger partial charge in [-0.15, -0.1) is 0 Å². The SMILES string of the molecule is C=Cc1cccc(C(C(=O)NC2CCCCC2)N(CCCCCC)C(=O)C(CS)NC(=O)OC(C)(C)C)c1. The van der Waals surface area contributed by atoms with Crippen LogP contribution in [0.2, 0.25) is 0 Å². The van der Waals surface area contributed by atoms with Gasteiger partial charge in [-0.2, -0.15) is 12.6 Å². The fraction of sp³-hybridized carbons (Fsp3) is 0.633. The van der Waals surface area contributed by atoms with Crippen LogP contribution in [-0.4, -0.2) is 52.8 Å². The minimum Gasteiger partial charge on any atom is -0.444 e. The molecule has 1 aliphatic carbocycles. The van der Waals surface area contributed by atoms with Crippen LogP contribution in [0.5, 0.6) is 0 Å². The van der Waals surface area contributed by atoms with Gasteiger partial charge in [0.1, 0.15) is 17.7 Å². The number of nitrogens with one attached hydrogen (secondary N) is 2. The Kier molecular flexibility index (Phi) is 13.2. The number of nitrogens with zero attached hydrogens (tertiary/aromatic N) is 1. The van der Waals surface area contributed by atoms with E-state index < -0.39 is 23.8 Å². The lowest BCUT2D eigenvalue weighted by atomic mass is 9.94. The normalized spacial score (nSPS) is 15.7. The highest BCUT2D eigenvalue weighted by molar-refractivity contribution is 7.80. The zero-order chi connectivity index (χ0) is 28.1. The number of thiol groups is 1. The Morgan fingerprint density at radius 3 is 2.47 bits per heavy atom. The zero-order valence-electron chi connectivity index (χ0n) is 23.6. The number of ether oxygens (including phenoxy) is 1. The van der Waals surface area contributed by atoms with E-state index in [1.54, 1.807) is 31.7 Å². The average molecular weight is 546 g/mol. The van der Waals surface area contributed by atoms with Gasteiger partial charge >= 0.3 is 6.09 Å². The van der Waals surface area contributed by atoms with E-state index in [2.05, 4.69) is 36.8 Å². The molecule has 2 unspecified atom stereocenters. The molecule has 1 saturated carbocycles. The summed E-state index contributed by atoms with van der Waals surface area (Å²) in [6, 6.07) is 5.89. The van der Waals surface area contributed by atoms with Crippen molar-refractivity contribution in [2.75, 3.05) is 12.3 Å². The Balaban J connectivity index is 2.43. The van der Waals surface area contributed by atoms with Gasteiger partial charge in [-0.1, -0.05) is 76.3 Å². The van der Waals surface area contributed by atoms with Crippen LogP contribution in [0.4, 0.5) is 4.79 Å². The van der Waals surface area contributed by atoms with E-state index in [1.807, 2.05) is 24.3 Å². The second kappa shape index (κ2) is 15.8. The van der Waals surface area contributed by atoms with Crippen molar-refractivity contribution < 1.29 is 19.1 Å².